The van der Waals surface area contributed by atoms with Crippen molar-refractivity contribution in [3.8, 4) is 0 Å². The van der Waals surface area contributed by atoms with E-state index in [2.05, 4.69) is 36.5 Å². The van der Waals surface area contributed by atoms with Gasteiger partial charge in [-0.3, -0.25) is 0 Å². The molecule has 23 heavy (non-hydrogen) atoms. The number of ether oxygens (including phenoxy) is 1. The Morgan fingerprint density at radius 1 is 1.35 bits per heavy atom. The molecule has 1 amide bonds. The van der Waals surface area contributed by atoms with Crippen LogP contribution in [0.3, 0.4) is 0 Å². The van der Waals surface area contributed by atoms with Crippen molar-refractivity contribution in [3.05, 3.63) is 35.9 Å². The third-order valence-electron chi connectivity index (χ3n) is 4.08. The summed E-state index contributed by atoms with van der Waals surface area (Å²) >= 11 is 0. The van der Waals surface area contributed by atoms with Crippen LogP contribution in [-0.2, 0) is 11.2 Å². The zero-order valence-corrected chi connectivity index (χ0v) is 14.8. The molecule has 0 saturated carbocycles. The van der Waals surface area contributed by atoms with E-state index in [9.17, 15) is 4.79 Å². The van der Waals surface area contributed by atoms with E-state index in [1.807, 2.05) is 31.7 Å². The molecule has 2 rings (SSSR count). The van der Waals surface area contributed by atoms with Gasteiger partial charge in [-0.2, -0.15) is 0 Å². The average molecular weight is 318 g/mol. The van der Waals surface area contributed by atoms with Crippen LogP contribution in [0, 0.1) is 5.92 Å². The summed E-state index contributed by atoms with van der Waals surface area (Å²) < 4.78 is 5.44. The van der Waals surface area contributed by atoms with Gasteiger partial charge in [0.15, 0.2) is 0 Å². The number of carbonyl (C=O) groups excluding carboxylic acids is 1. The Balaban J connectivity index is 1.70. The predicted octanol–water partition coefficient (Wildman–Crippen LogP) is 3.46. The van der Waals surface area contributed by atoms with Crippen molar-refractivity contribution in [2.75, 3.05) is 19.6 Å². The van der Waals surface area contributed by atoms with Gasteiger partial charge < -0.3 is 15.0 Å². The first-order chi connectivity index (χ1) is 10.8. The lowest BCUT2D eigenvalue weighted by Crippen LogP contribution is -2.37. The molecule has 1 saturated heterocycles. The highest BCUT2D eigenvalue weighted by Gasteiger charge is 2.29. The highest BCUT2D eigenvalue weighted by Crippen LogP contribution is 2.19. The number of nitrogens with zero attached hydrogens (tertiary/aromatic N) is 1. The number of likely N-dealkylation sites (tertiary alicyclic amines) is 1. The zero-order chi connectivity index (χ0) is 16.9. The van der Waals surface area contributed by atoms with E-state index >= 15 is 0 Å². The Kier molecular flexibility index (Phi) is 6.05. The minimum Gasteiger partial charge on any atom is -0.444 e. The molecule has 0 aliphatic carbocycles. The fraction of sp³-hybridized carbons (Fsp3) is 0.632. The Morgan fingerprint density at radius 2 is 2.04 bits per heavy atom. The molecular formula is C19H30N2O2. The number of hydrogen-bond acceptors (Lipinski definition) is 3. The minimum absolute atomic E-state index is 0.183. The second-order valence-electron chi connectivity index (χ2n) is 7.58. The van der Waals surface area contributed by atoms with Crippen LogP contribution >= 0.6 is 0 Å². The summed E-state index contributed by atoms with van der Waals surface area (Å²) in [5.41, 5.74) is 0.937. The lowest BCUT2D eigenvalue weighted by molar-refractivity contribution is 0.0288. The van der Waals surface area contributed by atoms with Gasteiger partial charge >= 0.3 is 6.09 Å². The fourth-order valence-corrected chi connectivity index (χ4v) is 2.90. The van der Waals surface area contributed by atoms with Gasteiger partial charge in [-0.25, -0.2) is 4.79 Å². The molecule has 1 aromatic carbocycles. The molecule has 1 aliphatic heterocycles. The summed E-state index contributed by atoms with van der Waals surface area (Å²) in [6.45, 7) is 10.5. The first kappa shape index (κ1) is 17.8. The van der Waals surface area contributed by atoms with Crippen LogP contribution in [0.15, 0.2) is 30.3 Å². The predicted molar refractivity (Wildman–Crippen MR) is 93.5 cm³/mol. The first-order valence-corrected chi connectivity index (χ1v) is 8.59. The van der Waals surface area contributed by atoms with Gasteiger partial charge in [0.2, 0.25) is 0 Å². The molecule has 4 nitrogen and oxygen atoms in total. The van der Waals surface area contributed by atoms with E-state index in [-0.39, 0.29) is 6.09 Å². The molecular weight excluding hydrogens is 288 g/mol. The van der Waals surface area contributed by atoms with Crippen molar-refractivity contribution < 1.29 is 9.53 Å². The largest absolute Gasteiger partial charge is 0.444 e. The molecule has 0 radical (unpaired) electrons. The molecule has 1 N–H and O–H groups in total. The highest BCUT2D eigenvalue weighted by atomic mass is 16.6. The van der Waals surface area contributed by atoms with Crippen molar-refractivity contribution >= 4 is 6.09 Å². The number of benzene rings is 1. The minimum atomic E-state index is -0.419. The van der Waals surface area contributed by atoms with E-state index in [1.165, 1.54) is 5.56 Å². The standard InChI is InChI=1S/C19H30N2O2/c1-15(12-16-8-6-5-7-9-16)20-13-17-10-11-21(14-17)18(22)23-19(2,3)4/h5-9,15,17,20H,10-14H2,1-4H3. The van der Waals surface area contributed by atoms with E-state index < -0.39 is 5.60 Å². The smallest absolute Gasteiger partial charge is 0.410 e. The topological polar surface area (TPSA) is 41.6 Å². The average Bonchev–Trinajstić information content (AvgIpc) is 2.93. The van der Waals surface area contributed by atoms with E-state index in [1.54, 1.807) is 0 Å². The lowest BCUT2D eigenvalue weighted by Gasteiger charge is -2.24. The number of hydrogen-bond donors (Lipinski definition) is 1. The van der Waals surface area contributed by atoms with Crippen LogP contribution in [0.2, 0.25) is 0 Å². The number of carbonyl (C=O) groups is 1. The van der Waals surface area contributed by atoms with Crippen molar-refractivity contribution in [2.24, 2.45) is 5.92 Å². The second kappa shape index (κ2) is 7.82. The Labute approximate surface area is 140 Å². The van der Waals surface area contributed by atoms with Gasteiger partial charge in [0.05, 0.1) is 0 Å². The third-order valence-corrected chi connectivity index (χ3v) is 4.08. The van der Waals surface area contributed by atoms with Gasteiger partial charge in [0.1, 0.15) is 5.60 Å². The SMILES string of the molecule is CC(Cc1ccccc1)NCC1CCN(C(=O)OC(C)(C)C)C1. The molecule has 128 valence electrons. The molecule has 0 bridgehead atoms. The van der Waals surface area contributed by atoms with Crippen LogP contribution < -0.4 is 5.32 Å². The van der Waals surface area contributed by atoms with Crippen molar-refractivity contribution in [2.45, 2.75) is 52.2 Å². The molecule has 1 fully saturated rings. The van der Waals surface area contributed by atoms with Gasteiger partial charge in [-0.15, -0.1) is 0 Å². The Morgan fingerprint density at radius 3 is 2.70 bits per heavy atom. The lowest BCUT2D eigenvalue weighted by atomic mass is 10.1. The molecule has 2 unspecified atom stereocenters. The van der Waals surface area contributed by atoms with Crippen LogP contribution in [0.5, 0.6) is 0 Å². The van der Waals surface area contributed by atoms with Gasteiger partial charge in [0, 0.05) is 19.1 Å². The molecule has 1 heterocycles. The molecule has 4 heteroatoms. The molecule has 1 aromatic rings. The fourth-order valence-electron chi connectivity index (χ4n) is 2.90. The van der Waals surface area contributed by atoms with E-state index in [4.69, 9.17) is 4.74 Å². The van der Waals surface area contributed by atoms with E-state index in [0.29, 0.717) is 12.0 Å². The number of amides is 1. The molecule has 2 atom stereocenters. The maximum Gasteiger partial charge on any atom is 0.410 e. The Bertz CT molecular complexity index is 496. The quantitative estimate of drug-likeness (QED) is 0.904. The summed E-state index contributed by atoms with van der Waals surface area (Å²) in [7, 11) is 0. The van der Waals surface area contributed by atoms with E-state index in [0.717, 1.165) is 32.5 Å². The Hall–Kier alpha value is -1.55. The molecule has 0 spiro atoms. The first-order valence-electron chi connectivity index (χ1n) is 8.59. The van der Waals surface area contributed by atoms with Gasteiger partial charge in [-0.05, 0) is 58.6 Å². The van der Waals surface area contributed by atoms with Crippen molar-refractivity contribution in [3.63, 3.8) is 0 Å². The summed E-state index contributed by atoms with van der Waals surface area (Å²) in [6, 6.07) is 11.0. The van der Waals surface area contributed by atoms with Crippen LogP contribution in [0.25, 0.3) is 0 Å². The van der Waals surface area contributed by atoms with Gasteiger partial charge in [-0.1, -0.05) is 30.3 Å². The number of rotatable bonds is 5. The zero-order valence-electron chi connectivity index (χ0n) is 14.8. The third kappa shape index (κ3) is 6.22. The normalized spacial score (nSPS) is 19.7. The second-order valence-corrected chi connectivity index (χ2v) is 7.58. The van der Waals surface area contributed by atoms with Gasteiger partial charge in [0.25, 0.3) is 0 Å². The van der Waals surface area contributed by atoms with Crippen LogP contribution in [0.1, 0.15) is 39.7 Å². The van der Waals surface area contributed by atoms with Crippen molar-refractivity contribution in [1.29, 1.82) is 0 Å². The monoisotopic (exact) mass is 318 g/mol. The molecule has 0 aromatic heterocycles. The highest BCUT2D eigenvalue weighted by molar-refractivity contribution is 5.68. The summed E-state index contributed by atoms with van der Waals surface area (Å²) in [5, 5.41) is 3.60. The number of nitrogens with one attached hydrogen (secondary N) is 1. The summed E-state index contributed by atoms with van der Waals surface area (Å²) in [4.78, 5) is 13.9. The maximum atomic E-state index is 12.1. The van der Waals surface area contributed by atoms with Crippen LogP contribution in [-0.4, -0.2) is 42.3 Å². The molecule has 1 aliphatic rings. The van der Waals surface area contributed by atoms with Crippen molar-refractivity contribution in [1.82, 2.24) is 10.2 Å². The van der Waals surface area contributed by atoms with Crippen LogP contribution in [0.4, 0.5) is 4.79 Å². The summed E-state index contributed by atoms with van der Waals surface area (Å²) in [5.74, 6) is 0.515. The maximum absolute atomic E-state index is 12.1. The summed E-state index contributed by atoms with van der Waals surface area (Å²) in [6.07, 6.45) is 1.89.